The summed E-state index contributed by atoms with van der Waals surface area (Å²) in [6.07, 6.45) is -3.47. The van der Waals surface area contributed by atoms with Gasteiger partial charge in [0.25, 0.3) is 0 Å². The van der Waals surface area contributed by atoms with Gasteiger partial charge in [-0.25, -0.2) is 4.98 Å². The smallest absolute Gasteiger partial charge is 0.324 e. The molecule has 0 amide bonds. The van der Waals surface area contributed by atoms with Gasteiger partial charge in [0, 0.05) is 17.3 Å². The molecule has 6 heteroatoms. The van der Waals surface area contributed by atoms with Gasteiger partial charge in [-0.15, -0.1) is 0 Å². The molecule has 0 saturated heterocycles. The first-order chi connectivity index (χ1) is 6.89. The second-order valence-corrected chi connectivity index (χ2v) is 3.88. The van der Waals surface area contributed by atoms with E-state index in [9.17, 15) is 13.2 Å². The monoisotopic (exact) mass is 236 g/mol. The number of aryl methyl sites for hydroxylation is 1. The van der Waals surface area contributed by atoms with Crippen LogP contribution in [0.25, 0.3) is 0 Å². The van der Waals surface area contributed by atoms with Gasteiger partial charge in [-0.2, -0.15) is 13.2 Å². The summed E-state index contributed by atoms with van der Waals surface area (Å²) >= 11 is 5.53. The average molecular weight is 237 g/mol. The Morgan fingerprint density at radius 3 is 2.73 bits per heavy atom. The molecular weight excluding hydrogens is 229 g/mol. The molecule has 1 aliphatic rings. The van der Waals surface area contributed by atoms with Crippen LogP contribution in [0.2, 0.25) is 5.15 Å². The van der Waals surface area contributed by atoms with E-state index in [1.807, 2.05) is 0 Å². The van der Waals surface area contributed by atoms with E-state index >= 15 is 0 Å². The minimum absolute atomic E-state index is 0.104. The summed E-state index contributed by atoms with van der Waals surface area (Å²) in [5.41, 5.74) is 5.34. The van der Waals surface area contributed by atoms with Crippen molar-refractivity contribution in [2.45, 2.75) is 25.1 Å². The maximum atomic E-state index is 12.7. The SMILES string of the molecule is NC1CCc2nc(Cl)cc(C(F)(F)F)c21. The third-order valence-electron chi connectivity index (χ3n) is 2.47. The van der Waals surface area contributed by atoms with Crippen molar-refractivity contribution in [3.05, 3.63) is 28.0 Å². The molecule has 2 nitrogen and oxygen atoms in total. The minimum atomic E-state index is -4.42. The molecule has 1 atom stereocenters. The highest BCUT2D eigenvalue weighted by Gasteiger charge is 2.38. The van der Waals surface area contributed by atoms with Gasteiger partial charge >= 0.3 is 6.18 Å². The molecule has 0 saturated carbocycles. The minimum Gasteiger partial charge on any atom is -0.324 e. The van der Waals surface area contributed by atoms with Crippen LogP contribution in [0.5, 0.6) is 0 Å². The zero-order valence-corrected chi connectivity index (χ0v) is 8.36. The summed E-state index contributed by atoms with van der Waals surface area (Å²) in [5.74, 6) is 0. The number of alkyl halides is 3. The molecular formula is C9H8ClF3N2. The Balaban J connectivity index is 2.64. The van der Waals surface area contributed by atoms with Gasteiger partial charge in [-0.1, -0.05) is 11.6 Å². The number of nitrogens with zero attached hydrogens (tertiary/aromatic N) is 1. The van der Waals surface area contributed by atoms with E-state index < -0.39 is 17.8 Å². The molecule has 2 rings (SSSR count). The third kappa shape index (κ3) is 1.81. The highest BCUT2D eigenvalue weighted by Crippen LogP contribution is 2.40. The maximum Gasteiger partial charge on any atom is 0.416 e. The van der Waals surface area contributed by atoms with Crippen molar-refractivity contribution in [2.75, 3.05) is 0 Å². The second-order valence-electron chi connectivity index (χ2n) is 3.50. The summed E-state index contributed by atoms with van der Waals surface area (Å²) in [4.78, 5) is 3.86. The van der Waals surface area contributed by atoms with Crippen molar-refractivity contribution in [3.8, 4) is 0 Å². The standard InChI is InChI=1S/C9H8ClF3N2/c10-7-3-4(9(11,12)13)8-5(14)1-2-6(8)15-7/h3,5H,1-2,14H2. The number of hydrogen-bond donors (Lipinski definition) is 1. The van der Waals surface area contributed by atoms with Gasteiger partial charge < -0.3 is 5.73 Å². The summed E-state index contributed by atoms with van der Waals surface area (Å²) in [5, 5.41) is -0.129. The molecule has 0 spiro atoms. The van der Waals surface area contributed by atoms with Crippen molar-refractivity contribution < 1.29 is 13.2 Å². The number of aromatic nitrogens is 1. The molecule has 15 heavy (non-hydrogen) atoms. The molecule has 1 heterocycles. The summed E-state index contributed by atoms with van der Waals surface area (Å²) in [7, 11) is 0. The van der Waals surface area contributed by atoms with Gasteiger partial charge in [-0.3, -0.25) is 0 Å². The van der Waals surface area contributed by atoms with E-state index in [-0.39, 0.29) is 10.7 Å². The average Bonchev–Trinajstić information content (AvgIpc) is 2.44. The number of halogens is 4. The van der Waals surface area contributed by atoms with E-state index in [1.54, 1.807) is 0 Å². The maximum absolute atomic E-state index is 12.7. The Morgan fingerprint density at radius 1 is 1.47 bits per heavy atom. The fourth-order valence-corrected chi connectivity index (χ4v) is 2.06. The van der Waals surface area contributed by atoms with Crippen LogP contribution in [0.1, 0.15) is 29.3 Å². The van der Waals surface area contributed by atoms with Crippen LogP contribution in [-0.4, -0.2) is 4.98 Å². The Bertz CT molecular complexity index is 403. The van der Waals surface area contributed by atoms with Crippen LogP contribution in [0.15, 0.2) is 6.07 Å². The lowest BCUT2D eigenvalue weighted by molar-refractivity contribution is -0.138. The molecule has 0 aromatic carbocycles. The van der Waals surface area contributed by atoms with Gasteiger partial charge in [0.05, 0.1) is 5.56 Å². The molecule has 0 bridgehead atoms. The van der Waals surface area contributed by atoms with Gasteiger partial charge in [0.2, 0.25) is 0 Å². The molecule has 1 aromatic rings. The first kappa shape index (κ1) is 10.7. The molecule has 0 radical (unpaired) electrons. The molecule has 1 unspecified atom stereocenters. The van der Waals surface area contributed by atoms with Gasteiger partial charge in [-0.05, 0) is 18.9 Å². The van der Waals surface area contributed by atoms with Crippen LogP contribution in [-0.2, 0) is 12.6 Å². The highest BCUT2D eigenvalue weighted by molar-refractivity contribution is 6.29. The summed E-state index contributed by atoms with van der Waals surface area (Å²) in [6.45, 7) is 0. The van der Waals surface area contributed by atoms with Crippen LogP contribution >= 0.6 is 11.6 Å². The number of fused-ring (bicyclic) bond motifs is 1. The van der Waals surface area contributed by atoms with Crippen molar-refractivity contribution in [3.63, 3.8) is 0 Å². The fraction of sp³-hybridized carbons (Fsp3) is 0.444. The number of pyridine rings is 1. The highest BCUT2D eigenvalue weighted by atomic mass is 35.5. The number of nitrogens with two attached hydrogens (primary N) is 1. The van der Waals surface area contributed by atoms with E-state index in [4.69, 9.17) is 17.3 Å². The molecule has 0 aliphatic heterocycles. The Labute approximate surface area is 89.2 Å². The van der Waals surface area contributed by atoms with Crippen molar-refractivity contribution in [1.29, 1.82) is 0 Å². The lowest BCUT2D eigenvalue weighted by atomic mass is 10.0. The Kier molecular flexibility index (Phi) is 2.39. The number of hydrogen-bond acceptors (Lipinski definition) is 2. The Morgan fingerprint density at radius 2 is 2.13 bits per heavy atom. The zero-order chi connectivity index (χ0) is 11.2. The lowest BCUT2D eigenvalue weighted by Crippen LogP contribution is -2.15. The first-order valence-corrected chi connectivity index (χ1v) is 4.79. The van der Waals surface area contributed by atoms with Crippen molar-refractivity contribution in [2.24, 2.45) is 5.73 Å². The predicted molar refractivity (Wildman–Crippen MR) is 49.5 cm³/mol. The van der Waals surface area contributed by atoms with Crippen LogP contribution < -0.4 is 5.73 Å². The number of rotatable bonds is 0. The normalized spacial score (nSPS) is 20.5. The van der Waals surface area contributed by atoms with Crippen molar-refractivity contribution in [1.82, 2.24) is 4.98 Å². The Hall–Kier alpha value is -0.810. The van der Waals surface area contributed by atoms with E-state index in [2.05, 4.69) is 4.98 Å². The molecule has 2 N–H and O–H groups in total. The molecule has 82 valence electrons. The quantitative estimate of drug-likeness (QED) is 0.704. The molecule has 1 aliphatic carbocycles. The van der Waals surface area contributed by atoms with Crippen LogP contribution in [0.4, 0.5) is 13.2 Å². The van der Waals surface area contributed by atoms with E-state index in [0.717, 1.165) is 6.07 Å². The van der Waals surface area contributed by atoms with Crippen LogP contribution in [0.3, 0.4) is 0 Å². The second kappa shape index (κ2) is 3.35. The van der Waals surface area contributed by atoms with E-state index in [1.165, 1.54) is 0 Å². The summed E-state index contributed by atoms with van der Waals surface area (Å²) < 4.78 is 38.0. The van der Waals surface area contributed by atoms with Crippen LogP contribution in [0, 0.1) is 0 Å². The van der Waals surface area contributed by atoms with Crippen molar-refractivity contribution >= 4 is 11.6 Å². The fourth-order valence-electron chi connectivity index (χ4n) is 1.85. The topological polar surface area (TPSA) is 38.9 Å². The molecule has 1 aromatic heterocycles. The van der Waals surface area contributed by atoms with Gasteiger partial charge in [0.15, 0.2) is 0 Å². The van der Waals surface area contributed by atoms with Gasteiger partial charge in [0.1, 0.15) is 5.15 Å². The first-order valence-electron chi connectivity index (χ1n) is 4.41. The predicted octanol–water partition coefficient (Wildman–Crippen LogP) is 2.70. The third-order valence-corrected chi connectivity index (χ3v) is 2.67. The van der Waals surface area contributed by atoms with E-state index in [0.29, 0.717) is 18.5 Å². The summed E-state index contributed by atoms with van der Waals surface area (Å²) in [6, 6.07) is 0.257. The lowest BCUT2D eigenvalue weighted by Gasteiger charge is -2.14. The largest absolute Gasteiger partial charge is 0.416 e. The zero-order valence-electron chi connectivity index (χ0n) is 7.61. The molecule has 0 fully saturated rings.